The van der Waals surface area contributed by atoms with Gasteiger partial charge in [0.05, 0.1) is 19.2 Å². The predicted octanol–water partition coefficient (Wildman–Crippen LogP) is 3.17. The van der Waals surface area contributed by atoms with Crippen LogP contribution in [0.25, 0.3) is 0 Å². The fourth-order valence-corrected chi connectivity index (χ4v) is 2.43. The van der Waals surface area contributed by atoms with Crippen molar-refractivity contribution in [2.45, 2.75) is 19.9 Å². The summed E-state index contributed by atoms with van der Waals surface area (Å²) in [5.41, 5.74) is 2.21. The van der Waals surface area contributed by atoms with Crippen LogP contribution in [0.4, 0.5) is 5.69 Å². The van der Waals surface area contributed by atoms with Crippen molar-refractivity contribution in [1.29, 1.82) is 0 Å². The van der Waals surface area contributed by atoms with E-state index in [4.69, 9.17) is 16.3 Å². The Morgan fingerprint density at radius 1 is 1.17 bits per heavy atom. The molecule has 0 aliphatic carbocycles. The molecule has 2 N–H and O–H groups in total. The van der Waals surface area contributed by atoms with Crippen LogP contribution in [-0.2, 0) is 22.6 Å². The normalized spacial score (nSPS) is 10.1. The van der Waals surface area contributed by atoms with Gasteiger partial charge in [0.1, 0.15) is 5.75 Å². The number of ether oxygens (including phenoxy) is 1. The monoisotopic (exact) mass is 346 g/mol. The number of hydrogen-bond donors (Lipinski definition) is 2. The summed E-state index contributed by atoms with van der Waals surface area (Å²) in [4.78, 5) is 23.3. The van der Waals surface area contributed by atoms with Gasteiger partial charge in [0.25, 0.3) is 0 Å². The van der Waals surface area contributed by atoms with Gasteiger partial charge in [0.15, 0.2) is 0 Å². The van der Waals surface area contributed by atoms with Crippen molar-refractivity contribution >= 4 is 29.1 Å². The van der Waals surface area contributed by atoms with Crippen LogP contribution < -0.4 is 15.4 Å². The molecule has 6 heteroatoms. The maximum absolute atomic E-state index is 12.1. The molecule has 24 heavy (non-hydrogen) atoms. The van der Waals surface area contributed by atoms with E-state index in [0.29, 0.717) is 23.0 Å². The lowest BCUT2D eigenvalue weighted by Crippen LogP contribution is -2.24. The maximum atomic E-state index is 12.1. The van der Waals surface area contributed by atoms with Crippen molar-refractivity contribution in [1.82, 2.24) is 5.32 Å². The molecule has 0 aromatic heterocycles. The number of hydrogen-bond acceptors (Lipinski definition) is 3. The van der Waals surface area contributed by atoms with Gasteiger partial charge in [-0.25, -0.2) is 0 Å². The smallest absolute Gasteiger partial charge is 0.224 e. The molecule has 2 rings (SSSR count). The number of rotatable bonds is 6. The number of nitrogens with one attached hydrogen (secondary N) is 2. The van der Waals surface area contributed by atoms with E-state index >= 15 is 0 Å². The van der Waals surface area contributed by atoms with Gasteiger partial charge in [0.2, 0.25) is 11.8 Å². The number of carbonyl (C=O) groups excluding carboxylic acids is 2. The van der Waals surface area contributed by atoms with E-state index in [1.807, 2.05) is 24.3 Å². The van der Waals surface area contributed by atoms with E-state index in [-0.39, 0.29) is 18.2 Å². The van der Waals surface area contributed by atoms with Crippen LogP contribution in [0.15, 0.2) is 42.5 Å². The zero-order valence-electron chi connectivity index (χ0n) is 13.6. The molecule has 0 spiro atoms. The second-order valence-electron chi connectivity index (χ2n) is 5.26. The summed E-state index contributed by atoms with van der Waals surface area (Å²) < 4.78 is 5.20. The van der Waals surface area contributed by atoms with E-state index in [0.717, 1.165) is 11.1 Å². The number of amides is 2. The van der Waals surface area contributed by atoms with Crippen LogP contribution in [0.3, 0.4) is 0 Å². The summed E-state index contributed by atoms with van der Waals surface area (Å²) in [5, 5.41) is 6.12. The molecule has 0 aliphatic heterocycles. The third-order valence-electron chi connectivity index (χ3n) is 3.37. The second kappa shape index (κ2) is 8.36. The van der Waals surface area contributed by atoms with Gasteiger partial charge < -0.3 is 15.4 Å². The highest BCUT2D eigenvalue weighted by molar-refractivity contribution is 6.31. The van der Waals surface area contributed by atoms with Gasteiger partial charge in [-0.2, -0.15) is 0 Å². The van der Waals surface area contributed by atoms with Gasteiger partial charge in [-0.3, -0.25) is 9.59 Å². The minimum Gasteiger partial charge on any atom is -0.495 e. The molecule has 0 saturated carbocycles. The fourth-order valence-electron chi connectivity index (χ4n) is 2.23. The molecular formula is C18H19ClN2O3. The molecule has 0 unspecified atom stereocenters. The van der Waals surface area contributed by atoms with E-state index in [9.17, 15) is 9.59 Å². The average molecular weight is 347 g/mol. The molecule has 0 bridgehead atoms. The number of halogens is 1. The van der Waals surface area contributed by atoms with Crippen LogP contribution in [0.5, 0.6) is 5.75 Å². The molecule has 5 nitrogen and oxygen atoms in total. The van der Waals surface area contributed by atoms with Crippen molar-refractivity contribution in [2.24, 2.45) is 0 Å². The number of carbonyl (C=O) groups is 2. The van der Waals surface area contributed by atoms with Crippen molar-refractivity contribution in [3.8, 4) is 5.75 Å². The van der Waals surface area contributed by atoms with Gasteiger partial charge in [0, 0.05) is 18.5 Å². The molecule has 2 aromatic carbocycles. The highest BCUT2D eigenvalue weighted by Gasteiger charge is 2.09. The first-order chi connectivity index (χ1) is 11.5. The Balaban J connectivity index is 1.99. The Bertz CT molecular complexity index is 747. The topological polar surface area (TPSA) is 67.4 Å². The summed E-state index contributed by atoms with van der Waals surface area (Å²) in [7, 11) is 1.53. The highest BCUT2D eigenvalue weighted by atomic mass is 35.5. The van der Waals surface area contributed by atoms with Crippen LogP contribution in [-0.4, -0.2) is 18.9 Å². The molecule has 0 atom stereocenters. The number of benzene rings is 2. The van der Waals surface area contributed by atoms with Gasteiger partial charge in [-0.15, -0.1) is 0 Å². The summed E-state index contributed by atoms with van der Waals surface area (Å²) in [6.45, 7) is 1.78. The van der Waals surface area contributed by atoms with Gasteiger partial charge in [-0.1, -0.05) is 35.9 Å². The maximum Gasteiger partial charge on any atom is 0.224 e. The Morgan fingerprint density at radius 3 is 2.58 bits per heavy atom. The number of methoxy groups -OCH3 is 1. The Hall–Kier alpha value is -2.53. The zero-order chi connectivity index (χ0) is 17.5. The molecule has 0 aliphatic rings. The minimum atomic E-state index is -0.187. The van der Waals surface area contributed by atoms with E-state index < -0.39 is 0 Å². The predicted molar refractivity (Wildman–Crippen MR) is 94.3 cm³/mol. The molecule has 0 fully saturated rings. The van der Waals surface area contributed by atoms with E-state index in [2.05, 4.69) is 10.6 Å². The van der Waals surface area contributed by atoms with Gasteiger partial charge in [-0.05, 0) is 29.3 Å². The molecule has 0 saturated heterocycles. The first-order valence-corrected chi connectivity index (χ1v) is 7.82. The molecule has 2 aromatic rings. The first-order valence-electron chi connectivity index (χ1n) is 7.44. The number of anilines is 1. The third kappa shape index (κ3) is 4.99. The zero-order valence-corrected chi connectivity index (χ0v) is 14.3. The highest BCUT2D eigenvalue weighted by Crippen LogP contribution is 2.25. The average Bonchev–Trinajstić information content (AvgIpc) is 2.55. The van der Waals surface area contributed by atoms with Gasteiger partial charge >= 0.3 is 0 Å². The Kier molecular flexibility index (Phi) is 6.21. The quantitative estimate of drug-likeness (QED) is 0.844. The summed E-state index contributed by atoms with van der Waals surface area (Å²) >= 11 is 6.05. The lowest BCUT2D eigenvalue weighted by atomic mass is 10.1. The summed E-state index contributed by atoms with van der Waals surface area (Å²) in [6, 6.07) is 12.6. The van der Waals surface area contributed by atoms with Crippen LogP contribution >= 0.6 is 11.6 Å². The molecule has 126 valence electrons. The van der Waals surface area contributed by atoms with Crippen molar-refractivity contribution in [3.63, 3.8) is 0 Å². The minimum absolute atomic E-state index is 0.125. The molecular weight excluding hydrogens is 328 g/mol. The van der Waals surface area contributed by atoms with Crippen molar-refractivity contribution < 1.29 is 14.3 Å². The summed E-state index contributed by atoms with van der Waals surface area (Å²) in [5.74, 6) is 0.254. The molecule has 0 radical (unpaired) electrons. The van der Waals surface area contributed by atoms with Crippen LogP contribution in [0, 0.1) is 0 Å². The second-order valence-corrected chi connectivity index (χ2v) is 5.67. The third-order valence-corrected chi connectivity index (χ3v) is 3.74. The standard InChI is InChI=1S/C18H19ClN2O3/c1-12(22)21-16-9-13(7-8-17(16)24-2)11-20-18(23)10-14-5-3-4-6-15(14)19/h3-9H,10-11H2,1-2H3,(H,20,23)(H,21,22). The Morgan fingerprint density at radius 2 is 1.92 bits per heavy atom. The molecule has 0 heterocycles. The van der Waals surface area contributed by atoms with Crippen molar-refractivity contribution in [3.05, 3.63) is 58.6 Å². The molecule has 2 amide bonds. The van der Waals surface area contributed by atoms with E-state index in [1.54, 1.807) is 18.2 Å². The van der Waals surface area contributed by atoms with Crippen LogP contribution in [0.1, 0.15) is 18.1 Å². The van der Waals surface area contributed by atoms with Crippen molar-refractivity contribution in [2.75, 3.05) is 12.4 Å². The Labute approximate surface area is 146 Å². The lowest BCUT2D eigenvalue weighted by Gasteiger charge is -2.12. The lowest BCUT2D eigenvalue weighted by molar-refractivity contribution is -0.120. The largest absolute Gasteiger partial charge is 0.495 e. The van der Waals surface area contributed by atoms with E-state index in [1.165, 1.54) is 14.0 Å². The first kappa shape index (κ1) is 17.8. The summed E-state index contributed by atoms with van der Waals surface area (Å²) in [6.07, 6.45) is 0.217. The van der Waals surface area contributed by atoms with Crippen LogP contribution in [0.2, 0.25) is 5.02 Å². The fraction of sp³-hybridized carbons (Fsp3) is 0.222. The SMILES string of the molecule is COc1ccc(CNC(=O)Cc2ccccc2Cl)cc1NC(C)=O.